The van der Waals surface area contributed by atoms with Crippen LogP contribution in [0.1, 0.15) is 46.8 Å². The number of benzene rings is 2. The third-order valence-corrected chi connectivity index (χ3v) is 8.45. The maximum atomic E-state index is 14.2. The van der Waals surface area contributed by atoms with Gasteiger partial charge in [0.2, 0.25) is 5.88 Å². The first-order valence-corrected chi connectivity index (χ1v) is 16.0. The topological polar surface area (TPSA) is 128 Å². The van der Waals surface area contributed by atoms with E-state index in [1.54, 1.807) is 67.5 Å². The Hall–Kier alpha value is -4.69. The molecule has 2 aromatic carbocycles. The summed E-state index contributed by atoms with van der Waals surface area (Å²) < 4.78 is 52.2. The van der Waals surface area contributed by atoms with Gasteiger partial charge < -0.3 is 25.7 Å². The smallest absolute Gasteiger partial charge is 0.418 e. The van der Waals surface area contributed by atoms with Gasteiger partial charge in [-0.15, -0.1) is 0 Å². The van der Waals surface area contributed by atoms with Crippen molar-refractivity contribution < 1.29 is 22.7 Å². The van der Waals surface area contributed by atoms with E-state index >= 15 is 0 Å². The van der Waals surface area contributed by atoms with Crippen molar-refractivity contribution >= 4 is 41.3 Å². The lowest BCUT2D eigenvalue weighted by atomic mass is 10.0. The highest BCUT2D eigenvalue weighted by Gasteiger charge is 2.36. The molecule has 1 amide bonds. The zero-order valence-corrected chi connectivity index (χ0v) is 26.9. The number of piperidine rings is 1. The summed E-state index contributed by atoms with van der Waals surface area (Å²) in [5.74, 6) is 1.33. The molecule has 1 saturated heterocycles. The van der Waals surface area contributed by atoms with Crippen LogP contribution in [0.4, 0.5) is 30.4 Å². The number of rotatable bonds is 11. The average Bonchev–Trinajstić information content (AvgIpc) is 3.08. The molecular formula is C33H35F3N8O2S. The van der Waals surface area contributed by atoms with E-state index in [0.29, 0.717) is 35.9 Å². The molecule has 0 spiro atoms. The molecule has 14 heteroatoms. The van der Waals surface area contributed by atoms with E-state index in [4.69, 9.17) is 10.1 Å². The zero-order chi connectivity index (χ0) is 33.6. The number of nitrogens with zero attached hydrogens (tertiary/aromatic N) is 4. The molecule has 47 heavy (non-hydrogen) atoms. The fourth-order valence-electron chi connectivity index (χ4n) is 5.19. The number of anilines is 3. The summed E-state index contributed by atoms with van der Waals surface area (Å²) >= 11 is 1.61. The molecule has 1 aliphatic rings. The first kappa shape index (κ1) is 33.7. The van der Waals surface area contributed by atoms with E-state index in [1.807, 2.05) is 6.92 Å². The summed E-state index contributed by atoms with van der Waals surface area (Å²) in [6.45, 7) is 4.81. The Labute approximate surface area is 275 Å². The van der Waals surface area contributed by atoms with Crippen LogP contribution in [-0.2, 0) is 6.18 Å². The van der Waals surface area contributed by atoms with Crippen molar-refractivity contribution in [1.82, 2.24) is 19.7 Å². The lowest BCUT2D eigenvalue weighted by Crippen LogP contribution is -2.41. The number of carbonyl (C=O) groups is 1. The van der Waals surface area contributed by atoms with Crippen LogP contribution in [0.2, 0.25) is 0 Å². The predicted molar refractivity (Wildman–Crippen MR) is 180 cm³/mol. The number of pyridine rings is 1. The van der Waals surface area contributed by atoms with Crippen molar-refractivity contribution in [3.05, 3.63) is 83.2 Å². The van der Waals surface area contributed by atoms with E-state index in [1.165, 1.54) is 18.2 Å². The number of aryl methyl sites for hydroxylation is 1. The van der Waals surface area contributed by atoms with Crippen LogP contribution in [0.25, 0.3) is 11.4 Å². The van der Waals surface area contributed by atoms with Crippen molar-refractivity contribution in [2.75, 3.05) is 41.4 Å². The Balaban J connectivity index is 1.38. The van der Waals surface area contributed by atoms with Gasteiger partial charge in [-0.05, 0) is 67.8 Å². The third kappa shape index (κ3) is 8.00. The Bertz CT molecular complexity index is 1730. The third-order valence-electron chi connectivity index (χ3n) is 7.66. The van der Waals surface area contributed by atoms with Crippen LogP contribution in [0, 0.1) is 12.3 Å². The fraction of sp³-hybridized carbons (Fsp3) is 0.303. The molecule has 5 rings (SSSR count). The van der Waals surface area contributed by atoms with E-state index in [9.17, 15) is 18.0 Å². The SMILES string of the molecule is CCSNC1CCN(c2ccc(NC(=O)c3ccc(C)c(Oc4nc(-c5cccnc5)nc(NC)c4C=N)c3)cc2C(F)(F)F)CC1. The van der Waals surface area contributed by atoms with Crippen molar-refractivity contribution in [2.45, 2.75) is 38.9 Å². The summed E-state index contributed by atoms with van der Waals surface area (Å²) in [5, 5.41) is 13.5. The highest BCUT2D eigenvalue weighted by molar-refractivity contribution is 7.97. The molecule has 0 radical (unpaired) electrons. The fourth-order valence-corrected chi connectivity index (χ4v) is 5.82. The van der Waals surface area contributed by atoms with Crippen molar-refractivity contribution in [1.29, 1.82) is 5.41 Å². The van der Waals surface area contributed by atoms with E-state index in [0.717, 1.165) is 30.9 Å². The molecular weight excluding hydrogens is 629 g/mol. The zero-order valence-electron chi connectivity index (χ0n) is 26.1. The van der Waals surface area contributed by atoms with Crippen LogP contribution in [0.5, 0.6) is 11.6 Å². The van der Waals surface area contributed by atoms with Gasteiger partial charge in [-0.2, -0.15) is 18.2 Å². The van der Waals surface area contributed by atoms with Crippen LogP contribution < -0.4 is 25.0 Å². The number of carbonyl (C=O) groups excluding carboxylic acids is 1. The van der Waals surface area contributed by atoms with Crippen LogP contribution in [0.3, 0.4) is 0 Å². The molecule has 0 aliphatic carbocycles. The Kier molecular flexibility index (Phi) is 10.6. The molecule has 1 aliphatic heterocycles. The normalized spacial score (nSPS) is 13.7. The van der Waals surface area contributed by atoms with Crippen LogP contribution in [0.15, 0.2) is 60.9 Å². The number of aromatic nitrogens is 3. The van der Waals surface area contributed by atoms with Gasteiger partial charge in [0.1, 0.15) is 11.6 Å². The largest absolute Gasteiger partial charge is 0.438 e. The molecule has 0 atom stereocenters. The second kappa shape index (κ2) is 14.8. The van der Waals surface area contributed by atoms with E-state index in [-0.39, 0.29) is 40.2 Å². The molecule has 246 valence electrons. The van der Waals surface area contributed by atoms with Gasteiger partial charge in [0.15, 0.2) is 5.82 Å². The molecule has 2 aromatic heterocycles. The van der Waals surface area contributed by atoms with Crippen molar-refractivity contribution in [3.63, 3.8) is 0 Å². The van der Waals surface area contributed by atoms with Crippen LogP contribution in [-0.4, -0.2) is 59.0 Å². The van der Waals surface area contributed by atoms with Crippen molar-refractivity contribution in [2.24, 2.45) is 0 Å². The van der Waals surface area contributed by atoms with Gasteiger partial charge in [0.25, 0.3) is 5.91 Å². The van der Waals surface area contributed by atoms with E-state index < -0.39 is 17.6 Å². The Morgan fingerprint density at radius 1 is 1.15 bits per heavy atom. The minimum atomic E-state index is -4.61. The summed E-state index contributed by atoms with van der Waals surface area (Å²) in [6.07, 6.45) is 1.14. The first-order valence-electron chi connectivity index (χ1n) is 15.0. The average molecular weight is 665 g/mol. The number of amides is 1. The van der Waals surface area contributed by atoms with E-state index in [2.05, 4.69) is 30.3 Å². The molecule has 0 saturated carbocycles. The maximum absolute atomic E-state index is 14.2. The minimum absolute atomic E-state index is 0.0201. The second-order valence-electron chi connectivity index (χ2n) is 10.8. The number of hydrogen-bond donors (Lipinski definition) is 4. The standard InChI is InChI=1S/C33H35F3N8O2S/c1-4-47-43-23-11-14-44(15-12-23)27-10-9-24(17-26(27)33(34,35)36)40-31(45)21-8-7-20(2)28(16-21)46-32-25(18-37)30(38-3)41-29(42-32)22-6-5-13-39-19-22/h5-10,13,16-19,23,37,43H,4,11-12,14-15H2,1-3H3,(H,40,45)(H,38,41,42). The first-order chi connectivity index (χ1) is 22.6. The summed E-state index contributed by atoms with van der Waals surface area (Å²) in [6, 6.07) is 12.4. The van der Waals surface area contributed by atoms with Crippen molar-refractivity contribution in [3.8, 4) is 23.0 Å². The van der Waals surface area contributed by atoms with Crippen LogP contribution >= 0.6 is 11.9 Å². The van der Waals surface area contributed by atoms with Gasteiger partial charge >= 0.3 is 6.18 Å². The number of alkyl halides is 3. The lowest BCUT2D eigenvalue weighted by molar-refractivity contribution is -0.137. The minimum Gasteiger partial charge on any atom is -0.438 e. The maximum Gasteiger partial charge on any atom is 0.418 e. The van der Waals surface area contributed by atoms with Gasteiger partial charge in [-0.1, -0.05) is 24.9 Å². The highest BCUT2D eigenvalue weighted by atomic mass is 32.2. The number of nitrogens with one attached hydrogen (secondary N) is 4. The quantitative estimate of drug-likeness (QED) is 0.0974. The summed E-state index contributed by atoms with van der Waals surface area (Å²) in [5.41, 5.74) is 1.07. The number of halogens is 3. The highest BCUT2D eigenvalue weighted by Crippen LogP contribution is 2.39. The molecule has 0 unspecified atom stereocenters. The molecule has 10 nitrogen and oxygen atoms in total. The number of hydrogen-bond acceptors (Lipinski definition) is 10. The predicted octanol–water partition coefficient (Wildman–Crippen LogP) is 7.18. The molecule has 0 bridgehead atoms. The van der Waals surface area contributed by atoms with Gasteiger partial charge in [0.05, 0.1) is 11.1 Å². The molecule has 1 fully saturated rings. The Morgan fingerprint density at radius 2 is 1.94 bits per heavy atom. The molecule has 4 N–H and O–H groups in total. The Morgan fingerprint density at radius 3 is 2.60 bits per heavy atom. The summed E-state index contributed by atoms with van der Waals surface area (Å²) in [4.78, 5) is 28.2. The number of ether oxygens (including phenoxy) is 1. The van der Waals surface area contributed by atoms with Gasteiger partial charge in [0, 0.05) is 73.0 Å². The molecule has 4 aromatic rings. The monoisotopic (exact) mass is 664 g/mol. The lowest BCUT2D eigenvalue weighted by Gasteiger charge is -2.35. The molecule has 3 heterocycles. The van der Waals surface area contributed by atoms with Gasteiger partial charge in [-0.25, -0.2) is 4.98 Å². The van der Waals surface area contributed by atoms with Gasteiger partial charge in [-0.3, -0.25) is 14.5 Å². The second-order valence-corrected chi connectivity index (χ2v) is 11.9. The summed E-state index contributed by atoms with van der Waals surface area (Å²) in [7, 11) is 1.66.